The number of rotatable bonds is 3. The molecule has 5 heteroatoms. The van der Waals surface area contributed by atoms with Gasteiger partial charge in [0.2, 0.25) is 0 Å². The van der Waals surface area contributed by atoms with Crippen molar-refractivity contribution >= 4 is 38.9 Å². The maximum Gasteiger partial charge on any atom is 0.128 e. The average Bonchev–Trinajstić information content (AvgIpc) is 2.71. The highest BCUT2D eigenvalue weighted by atomic mass is 79.9. The predicted molar refractivity (Wildman–Crippen MR) is 74.3 cm³/mol. The van der Waals surface area contributed by atoms with Gasteiger partial charge in [-0.25, -0.2) is 4.39 Å². The molecular weight excluding hydrogens is 325 g/mol. The van der Waals surface area contributed by atoms with Gasteiger partial charge in [-0.05, 0) is 36.7 Å². The lowest BCUT2D eigenvalue weighted by molar-refractivity contribution is 0.579. The molecule has 0 spiro atoms. The molecule has 0 saturated carbocycles. The van der Waals surface area contributed by atoms with Crippen LogP contribution >= 0.6 is 38.9 Å². The summed E-state index contributed by atoms with van der Waals surface area (Å²) >= 11 is 11.0. The SMILES string of the molecule is CNC(c1cc(Br)ccc1F)c1sccc1Cl. The van der Waals surface area contributed by atoms with Crippen molar-refractivity contribution in [2.24, 2.45) is 0 Å². The molecular formula is C12H10BrClFNS. The van der Waals surface area contributed by atoms with E-state index in [2.05, 4.69) is 21.2 Å². The molecule has 0 aliphatic rings. The Morgan fingerprint density at radius 3 is 2.76 bits per heavy atom. The van der Waals surface area contributed by atoms with E-state index in [-0.39, 0.29) is 11.9 Å². The highest BCUT2D eigenvalue weighted by molar-refractivity contribution is 9.10. The molecule has 1 heterocycles. The van der Waals surface area contributed by atoms with E-state index >= 15 is 0 Å². The normalized spacial score (nSPS) is 12.7. The minimum Gasteiger partial charge on any atom is -0.309 e. The zero-order valence-electron chi connectivity index (χ0n) is 9.01. The number of halogens is 3. The molecule has 2 aromatic rings. The summed E-state index contributed by atoms with van der Waals surface area (Å²) in [5.74, 6) is -0.239. The molecule has 17 heavy (non-hydrogen) atoms. The molecule has 0 fully saturated rings. The molecule has 0 amide bonds. The largest absolute Gasteiger partial charge is 0.309 e. The molecule has 0 saturated heterocycles. The maximum absolute atomic E-state index is 13.8. The first-order valence-electron chi connectivity index (χ1n) is 4.98. The Morgan fingerprint density at radius 1 is 1.41 bits per heavy atom. The van der Waals surface area contributed by atoms with Crippen molar-refractivity contribution in [1.29, 1.82) is 0 Å². The molecule has 1 atom stereocenters. The zero-order valence-corrected chi connectivity index (χ0v) is 12.2. The van der Waals surface area contributed by atoms with Crippen LogP contribution in [0.25, 0.3) is 0 Å². The fourth-order valence-corrected chi connectivity index (χ4v) is 3.35. The predicted octanol–water partition coefficient (Wildman–Crippen LogP) is 4.61. The smallest absolute Gasteiger partial charge is 0.128 e. The number of hydrogen-bond acceptors (Lipinski definition) is 2. The van der Waals surface area contributed by atoms with E-state index < -0.39 is 0 Å². The Morgan fingerprint density at radius 2 is 2.18 bits per heavy atom. The minimum atomic E-state index is -0.239. The lowest BCUT2D eigenvalue weighted by atomic mass is 10.1. The summed E-state index contributed by atoms with van der Waals surface area (Å²) in [6.07, 6.45) is 0. The van der Waals surface area contributed by atoms with Crippen LogP contribution < -0.4 is 5.32 Å². The first-order valence-corrected chi connectivity index (χ1v) is 7.03. The van der Waals surface area contributed by atoms with Crippen LogP contribution in [0.3, 0.4) is 0 Å². The first-order chi connectivity index (χ1) is 8.13. The Bertz CT molecular complexity index is 529. The van der Waals surface area contributed by atoms with E-state index in [0.717, 1.165) is 9.35 Å². The molecule has 1 aromatic carbocycles. The zero-order chi connectivity index (χ0) is 12.4. The van der Waals surface area contributed by atoms with Crippen molar-refractivity contribution in [2.45, 2.75) is 6.04 Å². The molecule has 1 aromatic heterocycles. The molecule has 0 aliphatic carbocycles. The van der Waals surface area contributed by atoms with Gasteiger partial charge in [0.15, 0.2) is 0 Å². The third kappa shape index (κ3) is 2.71. The third-order valence-corrected chi connectivity index (χ3v) is 4.38. The summed E-state index contributed by atoms with van der Waals surface area (Å²) in [6, 6.07) is 6.50. The van der Waals surface area contributed by atoms with Crippen LogP contribution in [0.15, 0.2) is 34.1 Å². The summed E-state index contributed by atoms with van der Waals surface area (Å²) in [5.41, 5.74) is 0.589. The molecule has 0 radical (unpaired) electrons. The van der Waals surface area contributed by atoms with E-state index in [1.54, 1.807) is 19.2 Å². The van der Waals surface area contributed by atoms with Crippen molar-refractivity contribution in [3.05, 3.63) is 55.4 Å². The van der Waals surface area contributed by atoms with Crippen LogP contribution in [-0.4, -0.2) is 7.05 Å². The van der Waals surface area contributed by atoms with E-state index in [1.165, 1.54) is 17.4 Å². The summed E-state index contributed by atoms with van der Waals surface area (Å²) < 4.78 is 14.7. The summed E-state index contributed by atoms with van der Waals surface area (Å²) in [6.45, 7) is 0. The number of nitrogens with one attached hydrogen (secondary N) is 1. The van der Waals surface area contributed by atoms with Crippen LogP contribution in [0.4, 0.5) is 4.39 Å². The van der Waals surface area contributed by atoms with Gasteiger partial charge < -0.3 is 5.32 Å². The van der Waals surface area contributed by atoms with Gasteiger partial charge in [0.1, 0.15) is 5.82 Å². The Hall–Kier alpha value is -0.420. The number of benzene rings is 1. The van der Waals surface area contributed by atoms with Gasteiger partial charge >= 0.3 is 0 Å². The molecule has 2 rings (SSSR count). The van der Waals surface area contributed by atoms with Gasteiger partial charge in [-0.15, -0.1) is 11.3 Å². The molecule has 90 valence electrons. The van der Waals surface area contributed by atoms with Crippen molar-refractivity contribution in [3.63, 3.8) is 0 Å². The second kappa shape index (κ2) is 5.48. The standard InChI is InChI=1S/C12H10BrClFNS/c1-16-11(12-9(14)4-5-17-12)8-6-7(13)2-3-10(8)15/h2-6,11,16H,1H3. The summed E-state index contributed by atoms with van der Waals surface area (Å²) in [7, 11) is 1.79. The van der Waals surface area contributed by atoms with Crippen molar-refractivity contribution in [3.8, 4) is 0 Å². The quantitative estimate of drug-likeness (QED) is 0.864. The van der Waals surface area contributed by atoms with E-state index in [4.69, 9.17) is 11.6 Å². The van der Waals surface area contributed by atoms with Crippen molar-refractivity contribution in [1.82, 2.24) is 5.32 Å². The summed E-state index contributed by atoms with van der Waals surface area (Å²) in [5, 5.41) is 5.66. The van der Waals surface area contributed by atoms with Gasteiger partial charge in [0, 0.05) is 14.9 Å². The monoisotopic (exact) mass is 333 g/mol. The fourth-order valence-electron chi connectivity index (χ4n) is 1.68. The number of hydrogen-bond donors (Lipinski definition) is 1. The van der Waals surface area contributed by atoms with Crippen LogP contribution in [-0.2, 0) is 0 Å². The first kappa shape index (κ1) is 13.0. The Labute approximate surface area is 117 Å². The van der Waals surface area contributed by atoms with E-state index in [1.807, 2.05) is 11.4 Å². The topological polar surface area (TPSA) is 12.0 Å². The van der Waals surface area contributed by atoms with Crippen LogP contribution in [0.2, 0.25) is 5.02 Å². The average molecular weight is 335 g/mol. The van der Waals surface area contributed by atoms with Crippen LogP contribution in [0, 0.1) is 5.82 Å². The van der Waals surface area contributed by atoms with E-state index in [9.17, 15) is 4.39 Å². The second-order valence-corrected chi connectivity index (χ2v) is 5.79. The highest BCUT2D eigenvalue weighted by Gasteiger charge is 2.20. The molecule has 0 aliphatic heterocycles. The lowest BCUT2D eigenvalue weighted by Gasteiger charge is -2.17. The lowest BCUT2D eigenvalue weighted by Crippen LogP contribution is -2.18. The highest BCUT2D eigenvalue weighted by Crippen LogP contribution is 2.34. The van der Waals surface area contributed by atoms with Gasteiger partial charge in [-0.1, -0.05) is 27.5 Å². The van der Waals surface area contributed by atoms with Crippen LogP contribution in [0.1, 0.15) is 16.5 Å². The van der Waals surface area contributed by atoms with E-state index in [0.29, 0.717) is 10.6 Å². The van der Waals surface area contributed by atoms with Gasteiger partial charge in [0.05, 0.1) is 11.1 Å². The molecule has 1 N–H and O–H groups in total. The van der Waals surface area contributed by atoms with Crippen molar-refractivity contribution in [2.75, 3.05) is 7.05 Å². The maximum atomic E-state index is 13.8. The molecule has 1 nitrogen and oxygen atoms in total. The third-order valence-electron chi connectivity index (χ3n) is 2.46. The van der Waals surface area contributed by atoms with Crippen LogP contribution in [0.5, 0.6) is 0 Å². The van der Waals surface area contributed by atoms with Crippen molar-refractivity contribution < 1.29 is 4.39 Å². The second-order valence-electron chi connectivity index (χ2n) is 3.52. The minimum absolute atomic E-state index is 0.222. The Balaban J connectivity index is 2.49. The Kier molecular flexibility index (Phi) is 4.20. The molecule has 0 bridgehead atoms. The van der Waals surface area contributed by atoms with Gasteiger partial charge in [0.25, 0.3) is 0 Å². The summed E-state index contributed by atoms with van der Waals surface area (Å²) in [4.78, 5) is 0.922. The fraction of sp³-hybridized carbons (Fsp3) is 0.167. The van der Waals surface area contributed by atoms with Gasteiger partial charge in [-0.3, -0.25) is 0 Å². The molecule has 1 unspecified atom stereocenters. The van der Waals surface area contributed by atoms with Gasteiger partial charge in [-0.2, -0.15) is 0 Å². The number of thiophene rings is 1.